The van der Waals surface area contributed by atoms with Crippen molar-refractivity contribution < 1.29 is 18.7 Å². The summed E-state index contributed by atoms with van der Waals surface area (Å²) in [6.07, 6.45) is 4.49. The maximum Gasteiger partial charge on any atom is 0.379 e. The third-order valence-electron chi connectivity index (χ3n) is 3.07. The van der Waals surface area contributed by atoms with Gasteiger partial charge in [-0.15, -0.1) is 11.3 Å². The number of ether oxygens (including phenoxy) is 1. The lowest BCUT2D eigenvalue weighted by Crippen LogP contribution is -2.10. The Bertz CT molecular complexity index is 880. The van der Waals surface area contributed by atoms with E-state index in [1.165, 1.54) is 41.9 Å². The molecule has 3 rings (SSSR count). The van der Waals surface area contributed by atoms with Crippen molar-refractivity contribution in [2.45, 2.75) is 0 Å². The van der Waals surface area contributed by atoms with Crippen LogP contribution in [0.2, 0.25) is 5.02 Å². The minimum atomic E-state index is -0.682. The minimum Gasteiger partial charge on any atom is -0.457 e. The van der Waals surface area contributed by atoms with E-state index in [4.69, 9.17) is 20.8 Å². The lowest BCUT2D eigenvalue weighted by molar-refractivity contribution is 0.0700. The van der Waals surface area contributed by atoms with Crippen molar-refractivity contribution in [3.8, 4) is 5.75 Å². The van der Waals surface area contributed by atoms with E-state index in [2.05, 4.69) is 0 Å². The molecule has 0 saturated heterocycles. The van der Waals surface area contributed by atoms with Crippen molar-refractivity contribution >= 4 is 40.8 Å². The average molecular weight is 359 g/mol. The summed E-state index contributed by atoms with van der Waals surface area (Å²) < 4.78 is 10.2. The van der Waals surface area contributed by atoms with Crippen LogP contribution < -0.4 is 4.74 Å². The Balaban J connectivity index is 1.85. The third kappa shape index (κ3) is 3.82. The Hall–Kier alpha value is -2.63. The van der Waals surface area contributed by atoms with Crippen molar-refractivity contribution in [2.75, 3.05) is 0 Å². The first-order valence-electron chi connectivity index (χ1n) is 6.94. The normalized spacial score (nSPS) is 10.9. The highest BCUT2D eigenvalue weighted by atomic mass is 35.5. The van der Waals surface area contributed by atoms with Gasteiger partial charge < -0.3 is 9.15 Å². The molecule has 0 bridgehead atoms. The molecule has 6 heteroatoms. The van der Waals surface area contributed by atoms with E-state index in [1.807, 2.05) is 17.5 Å². The molecule has 1 aromatic carbocycles. The molecule has 0 aliphatic rings. The molecule has 0 radical (unpaired) electrons. The molecule has 0 atom stereocenters. The second-order valence-electron chi connectivity index (χ2n) is 4.72. The smallest absolute Gasteiger partial charge is 0.379 e. The van der Waals surface area contributed by atoms with E-state index >= 15 is 0 Å². The van der Waals surface area contributed by atoms with Gasteiger partial charge in [-0.25, -0.2) is 4.79 Å². The quantitative estimate of drug-likeness (QED) is 0.275. The number of carbonyl (C=O) groups excluding carboxylic acids is 2. The standard InChI is InChI=1S/C18H11ClO4S/c19-12-5-8-16(23-18(21)17-4-1-9-22-17)14(11-12)15(20)7-6-13-3-2-10-24-13/h1-11H. The molecule has 120 valence electrons. The molecule has 0 aliphatic carbocycles. The van der Waals surface area contributed by atoms with Gasteiger partial charge in [-0.1, -0.05) is 17.7 Å². The van der Waals surface area contributed by atoms with Gasteiger partial charge >= 0.3 is 5.97 Å². The highest BCUT2D eigenvalue weighted by molar-refractivity contribution is 7.10. The summed E-state index contributed by atoms with van der Waals surface area (Å²) in [5, 5.41) is 2.29. The number of allylic oxidation sites excluding steroid dienone is 1. The number of hydrogen-bond acceptors (Lipinski definition) is 5. The van der Waals surface area contributed by atoms with E-state index in [0.29, 0.717) is 5.02 Å². The van der Waals surface area contributed by atoms with Crippen molar-refractivity contribution in [3.63, 3.8) is 0 Å². The number of benzene rings is 1. The van der Waals surface area contributed by atoms with Crippen LogP contribution in [0.1, 0.15) is 25.8 Å². The van der Waals surface area contributed by atoms with Crippen LogP contribution in [-0.2, 0) is 0 Å². The zero-order chi connectivity index (χ0) is 16.9. The van der Waals surface area contributed by atoms with Crippen molar-refractivity contribution in [2.24, 2.45) is 0 Å². The third-order valence-corrected chi connectivity index (χ3v) is 4.15. The van der Waals surface area contributed by atoms with Crippen LogP contribution in [0, 0.1) is 0 Å². The van der Waals surface area contributed by atoms with E-state index in [1.54, 1.807) is 18.2 Å². The Morgan fingerprint density at radius 2 is 2.04 bits per heavy atom. The van der Waals surface area contributed by atoms with Gasteiger partial charge in [-0.2, -0.15) is 0 Å². The van der Waals surface area contributed by atoms with Crippen molar-refractivity contribution in [3.05, 3.63) is 81.4 Å². The molecule has 0 fully saturated rings. The first kappa shape index (κ1) is 16.2. The van der Waals surface area contributed by atoms with Gasteiger partial charge in [0.2, 0.25) is 5.76 Å². The van der Waals surface area contributed by atoms with E-state index in [9.17, 15) is 9.59 Å². The number of thiophene rings is 1. The second kappa shape index (κ2) is 7.29. The predicted octanol–water partition coefficient (Wildman–Crippen LogP) is 5.11. The zero-order valence-corrected chi connectivity index (χ0v) is 13.8. The Morgan fingerprint density at radius 3 is 2.75 bits per heavy atom. The number of esters is 1. The Morgan fingerprint density at radius 1 is 1.17 bits per heavy atom. The van der Waals surface area contributed by atoms with Crippen LogP contribution in [0.25, 0.3) is 6.08 Å². The molecule has 0 saturated carbocycles. The molecule has 0 N–H and O–H groups in total. The number of furan rings is 1. The van der Waals surface area contributed by atoms with Gasteiger partial charge in [-0.3, -0.25) is 4.79 Å². The predicted molar refractivity (Wildman–Crippen MR) is 92.8 cm³/mol. The topological polar surface area (TPSA) is 56.5 Å². The van der Waals surface area contributed by atoms with E-state index in [0.717, 1.165) is 4.88 Å². The number of ketones is 1. The maximum atomic E-state index is 12.4. The number of halogens is 1. The molecule has 2 aromatic heterocycles. The lowest BCUT2D eigenvalue weighted by Gasteiger charge is -2.07. The Kier molecular flexibility index (Phi) is 4.93. The fourth-order valence-corrected chi connectivity index (χ4v) is 2.75. The first-order valence-corrected chi connectivity index (χ1v) is 8.20. The molecule has 24 heavy (non-hydrogen) atoms. The molecular weight excluding hydrogens is 348 g/mol. The molecule has 0 amide bonds. The summed E-state index contributed by atoms with van der Waals surface area (Å²) in [5.74, 6) is -0.814. The van der Waals surface area contributed by atoms with Crippen LogP contribution in [0.4, 0.5) is 0 Å². The van der Waals surface area contributed by atoms with Crippen LogP contribution in [0.15, 0.2) is 64.6 Å². The van der Waals surface area contributed by atoms with Gasteiger partial charge in [-0.05, 0) is 53.9 Å². The summed E-state index contributed by atoms with van der Waals surface area (Å²) >= 11 is 7.48. The largest absolute Gasteiger partial charge is 0.457 e. The monoisotopic (exact) mass is 358 g/mol. The number of rotatable bonds is 5. The number of hydrogen-bond donors (Lipinski definition) is 0. The minimum absolute atomic E-state index is 0.0532. The summed E-state index contributed by atoms with van der Waals surface area (Å²) in [7, 11) is 0. The fraction of sp³-hybridized carbons (Fsp3) is 0. The van der Waals surface area contributed by atoms with Crippen molar-refractivity contribution in [1.29, 1.82) is 0 Å². The molecule has 0 spiro atoms. The fourth-order valence-electron chi connectivity index (χ4n) is 1.96. The van der Waals surface area contributed by atoms with E-state index < -0.39 is 5.97 Å². The molecular formula is C18H11ClO4S. The van der Waals surface area contributed by atoms with Crippen molar-refractivity contribution in [1.82, 2.24) is 0 Å². The highest BCUT2D eigenvalue weighted by Gasteiger charge is 2.17. The molecule has 0 unspecified atom stereocenters. The Labute approximate surface area is 146 Å². The van der Waals surface area contributed by atoms with Gasteiger partial charge in [0.1, 0.15) is 5.75 Å². The van der Waals surface area contributed by atoms with Gasteiger partial charge in [0.15, 0.2) is 5.78 Å². The summed E-state index contributed by atoms with van der Waals surface area (Å²) in [5.41, 5.74) is 0.204. The summed E-state index contributed by atoms with van der Waals surface area (Å²) in [4.78, 5) is 25.4. The summed E-state index contributed by atoms with van der Waals surface area (Å²) in [6, 6.07) is 11.3. The molecule has 4 nitrogen and oxygen atoms in total. The van der Waals surface area contributed by atoms with Crippen LogP contribution in [0.3, 0.4) is 0 Å². The average Bonchev–Trinajstić information content (AvgIpc) is 3.27. The lowest BCUT2D eigenvalue weighted by atomic mass is 10.1. The molecule has 2 heterocycles. The van der Waals surface area contributed by atoms with E-state index in [-0.39, 0.29) is 22.9 Å². The zero-order valence-electron chi connectivity index (χ0n) is 12.3. The number of carbonyl (C=O) groups is 2. The van der Waals surface area contributed by atoms with Gasteiger partial charge in [0.25, 0.3) is 0 Å². The summed E-state index contributed by atoms with van der Waals surface area (Å²) in [6.45, 7) is 0. The maximum absolute atomic E-state index is 12.4. The van der Waals surface area contributed by atoms with Crippen LogP contribution in [-0.4, -0.2) is 11.8 Å². The highest BCUT2D eigenvalue weighted by Crippen LogP contribution is 2.25. The first-order chi connectivity index (χ1) is 11.6. The molecule has 3 aromatic rings. The molecule has 0 aliphatic heterocycles. The van der Waals surface area contributed by atoms with Crippen LogP contribution >= 0.6 is 22.9 Å². The van der Waals surface area contributed by atoms with Gasteiger partial charge in [0, 0.05) is 9.90 Å². The second-order valence-corrected chi connectivity index (χ2v) is 6.14. The van der Waals surface area contributed by atoms with Crippen LogP contribution in [0.5, 0.6) is 5.75 Å². The van der Waals surface area contributed by atoms with Gasteiger partial charge in [0.05, 0.1) is 11.8 Å². The SMILES string of the molecule is O=C(Oc1ccc(Cl)cc1C(=O)C=Cc1cccs1)c1ccco1.